The number of thiol groups is 1. The number of nitrogens with zero attached hydrogens (tertiary/aromatic N) is 1. The van der Waals surface area contributed by atoms with Crippen LogP contribution >= 0.6 is 12.6 Å². The van der Waals surface area contributed by atoms with Crippen LogP contribution in [0.25, 0.3) is 0 Å². The van der Waals surface area contributed by atoms with E-state index in [1.165, 1.54) is 0 Å². The molecule has 1 amide bonds. The number of likely N-dealkylation sites (N-methyl/N-ethyl adjacent to an activating group) is 1. The van der Waals surface area contributed by atoms with Crippen LogP contribution in [0.15, 0.2) is 29.2 Å². The normalized spacial score (nSPS) is 10.7. The highest BCUT2D eigenvalue weighted by Gasteiger charge is 2.06. The Labute approximate surface area is 115 Å². The van der Waals surface area contributed by atoms with E-state index in [9.17, 15) is 4.79 Å². The number of amides is 1. The molecule has 0 fully saturated rings. The Balaban J connectivity index is 2.37. The molecule has 0 aromatic heterocycles. The second kappa shape index (κ2) is 8.16. The molecule has 1 N–H and O–H groups in total. The van der Waals surface area contributed by atoms with E-state index in [1.807, 2.05) is 12.1 Å². The number of hydrogen-bond donors (Lipinski definition) is 2. The SMILES string of the molecule is CCCN(CC)CCNC(=O)c1cccc(S)c1. The molecule has 0 saturated heterocycles. The van der Waals surface area contributed by atoms with Crippen molar-refractivity contribution in [1.82, 2.24) is 10.2 Å². The zero-order valence-corrected chi connectivity index (χ0v) is 12.0. The zero-order valence-electron chi connectivity index (χ0n) is 11.1. The Morgan fingerprint density at radius 1 is 1.33 bits per heavy atom. The van der Waals surface area contributed by atoms with Gasteiger partial charge < -0.3 is 10.2 Å². The van der Waals surface area contributed by atoms with Crippen molar-refractivity contribution < 1.29 is 4.79 Å². The predicted molar refractivity (Wildman–Crippen MR) is 78.4 cm³/mol. The van der Waals surface area contributed by atoms with E-state index in [4.69, 9.17) is 0 Å². The van der Waals surface area contributed by atoms with Gasteiger partial charge in [0, 0.05) is 23.5 Å². The van der Waals surface area contributed by atoms with Crippen molar-refractivity contribution in [2.24, 2.45) is 0 Å². The summed E-state index contributed by atoms with van der Waals surface area (Å²) in [5.74, 6) is -0.0292. The summed E-state index contributed by atoms with van der Waals surface area (Å²) in [4.78, 5) is 15.0. The fourth-order valence-electron chi connectivity index (χ4n) is 1.82. The summed E-state index contributed by atoms with van der Waals surface area (Å²) >= 11 is 4.23. The second-order valence-electron chi connectivity index (χ2n) is 4.24. The number of carbonyl (C=O) groups is 1. The summed E-state index contributed by atoms with van der Waals surface area (Å²) in [7, 11) is 0. The average Bonchev–Trinajstić information content (AvgIpc) is 2.37. The van der Waals surface area contributed by atoms with Gasteiger partial charge in [-0.1, -0.05) is 19.9 Å². The maximum atomic E-state index is 11.9. The van der Waals surface area contributed by atoms with Crippen LogP contribution in [0.3, 0.4) is 0 Å². The Bertz CT molecular complexity index is 382. The van der Waals surface area contributed by atoms with Gasteiger partial charge in [-0.2, -0.15) is 0 Å². The van der Waals surface area contributed by atoms with E-state index in [2.05, 4.69) is 36.7 Å². The van der Waals surface area contributed by atoms with Crippen molar-refractivity contribution in [3.63, 3.8) is 0 Å². The first-order valence-electron chi connectivity index (χ1n) is 6.47. The van der Waals surface area contributed by atoms with Crippen molar-refractivity contribution in [3.8, 4) is 0 Å². The number of nitrogens with one attached hydrogen (secondary N) is 1. The van der Waals surface area contributed by atoms with Crippen LogP contribution in [0.4, 0.5) is 0 Å². The molecular formula is C14H22N2OS. The fraction of sp³-hybridized carbons (Fsp3) is 0.500. The molecule has 0 bridgehead atoms. The lowest BCUT2D eigenvalue weighted by atomic mass is 10.2. The molecule has 18 heavy (non-hydrogen) atoms. The summed E-state index contributed by atoms with van der Waals surface area (Å²) in [5.41, 5.74) is 0.668. The largest absolute Gasteiger partial charge is 0.351 e. The highest BCUT2D eigenvalue weighted by Crippen LogP contribution is 2.08. The van der Waals surface area contributed by atoms with E-state index in [0.29, 0.717) is 12.1 Å². The molecule has 1 aromatic rings. The first-order chi connectivity index (χ1) is 8.67. The van der Waals surface area contributed by atoms with Crippen LogP contribution in [0.5, 0.6) is 0 Å². The number of rotatable bonds is 7. The Hall–Kier alpha value is -1.00. The quantitative estimate of drug-likeness (QED) is 0.743. The first-order valence-corrected chi connectivity index (χ1v) is 6.91. The molecule has 100 valence electrons. The molecule has 1 aromatic carbocycles. The molecule has 0 aliphatic carbocycles. The number of benzene rings is 1. The summed E-state index contributed by atoms with van der Waals surface area (Å²) < 4.78 is 0. The molecule has 0 unspecified atom stereocenters. The van der Waals surface area contributed by atoms with E-state index in [0.717, 1.165) is 31.0 Å². The van der Waals surface area contributed by atoms with Gasteiger partial charge in [0.25, 0.3) is 5.91 Å². The minimum atomic E-state index is -0.0292. The molecule has 0 radical (unpaired) electrons. The fourth-order valence-corrected chi connectivity index (χ4v) is 2.05. The van der Waals surface area contributed by atoms with Crippen LogP contribution in [-0.4, -0.2) is 37.0 Å². The van der Waals surface area contributed by atoms with Gasteiger partial charge in [0.1, 0.15) is 0 Å². The van der Waals surface area contributed by atoms with Gasteiger partial charge in [-0.05, 0) is 37.7 Å². The third-order valence-corrected chi connectivity index (χ3v) is 3.09. The molecule has 0 atom stereocenters. The Morgan fingerprint density at radius 2 is 2.11 bits per heavy atom. The lowest BCUT2D eigenvalue weighted by Gasteiger charge is -2.19. The van der Waals surface area contributed by atoms with Gasteiger partial charge in [0.15, 0.2) is 0 Å². The standard InChI is InChI=1S/C14H22N2OS/c1-3-9-16(4-2)10-8-15-14(17)12-6-5-7-13(18)11-12/h5-7,11,18H,3-4,8-10H2,1-2H3,(H,15,17). The third kappa shape index (κ3) is 5.10. The Morgan fingerprint density at radius 3 is 2.72 bits per heavy atom. The topological polar surface area (TPSA) is 32.3 Å². The molecule has 0 spiro atoms. The van der Waals surface area contributed by atoms with Gasteiger partial charge in [0.2, 0.25) is 0 Å². The van der Waals surface area contributed by atoms with Crippen molar-refractivity contribution in [3.05, 3.63) is 29.8 Å². The average molecular weight is 266 g/mol. The van der Waals surface area contributed by atoms with Gasteiger partial charge in [-0.3, -0.25) is 4.79 Å². The highest BCUT2D eigenvalue weighted by atomic mass is 32.1. The third-order valence-electron chi connectivity index (χ3n) is 2.81. The smallest absolute Gasteiger partial charge is 0.251 e. The van der Waals surface area contributed by atoms with E-state index in [-0.39, 0.29) is 5.91 Å². The van der Waals surface area contributed by atoms with Crippen LogP contribution in [0.1, 0.15) is 30.6 Å². The van der Waals surface area contributed by atoms with Gasteiger partial charge in [-0.25, -0.2) is 0 Å². The monoisotopic (exact) mass is 266 g/mol. The second-order valence-corrected chi connectivity index (χ2v) is 4.76. The first kappa shape index (κ1) is 15.1. The van der Waals surface area contributed by atoms with Gasteiger partial charge in [-0.15, -0.1) is 12.6 Å². The molecule has 4 heteroatoms. The van der Waals surface area contributed by atoms with E-state index >= 15 is 0 Å². The molecule has 0 aliphatic heterocycles. The molecule has 0 heterocycles. The van der Waals surface area contributed by atoms with Crippen molar-refractivity contribution in [2.75, 3.05) is 26.2 Å². The minimum absolute atomic E-state index is 0.0292. The molecule has 0 aliphatic rings. The van der Waals surface area contributed by atoms with Crippen molar-refractivity contribution >= 4 is 18.5 Å². The highest BCUT2D eigenvalue weighted by molar-refractivity contribution is 7.80. The zero-order chi connectivity index (χ0) is 13.4. The summed E-state index contributed by atoms with van der Waals surface area (Å²) in [5, 5.41) is 2.93. The van der Waals surface area contributed by atoms with Gasteiger partial charge in [0.05, 0.1) is 0 Å². The summed E-state index contributed by atoms with van der Waals surface area (Å²) in [6.45, 7) is 8.00. The van der Waals surface area contributed by atoms with E-state index in [1.54, 1.807) is 12.1 Å². The van der Waals surface area contributed by atoms with E-state index < -0.39 is 0 Å². The number of carbonyl (C=O) groups excluding carboxylic acids is 1. The Kier molecular flexibility index (Phi) is 6.83. The van der Waals surface area contributed by atoms with Crippen molar-refractivity contribution in [1.29, 1.82) is 0 Å². The maximum absolute atomic E-state index is 11.9. The summed E-state index contributed by atoms with van der Waals surface area (Å²) in [6.07, 6.45) is 1.14. The molecule has 1 rings (SSSR count). The molecule has 3 nitrogen and oxygen atoms in total. The maximum Gasteiger partial charge on any atom is 0.251 e. The van der Waals surface area contributed by atoms with Crippen LogP contribution in [0, 0.1) is 0 Å². The lowest BCUT2D eigenvalue weighted by Crippen LogP contribution is -2.35. The lowest BCUT2D eigenvalue weighted by molar-refractivity contribution is 0.0948. The van der Waals surface area contributed by atoms with Crippen LogP contribution < -0.4 is 5.32 Å². The minimum Gasteiger partial charge on any atom is -0.351 e. The van der Waals surface area contributed by atoms with Gasteiger partial charge >= 0.3 is 0 Å². The predicted octanol–water partition coefficient (Wildman–Crippen LogP) is 2.44. The molecule has 0 saturated carbocycles. The number of hydrogen-bond acceptors (Lipinski definition) is 3. The van der Waals surface area contributed by atoms with Crippen LogP contribution in [0.2, 0.25) is 0 Å². The van der Waals surface area contributed by atoms with Crippen molar-refractivity contribution in [2.45, 2.75) is 25.2 Å². The van der Waals surface area contributed by atoms with Crippen LogP contribution in [-0.2, 0) is 0 Å². The summed E-state index contributed by atoms with van der Waals surface area (Å²) in [6, 6.07) is 7.29. The molecular weight excluding hydrogens is 244 g/mol.